The number of nitrogens with one attached hydrogen (secondary N) is 1. The Balaban J connectivity index is 2.13. The molecule has 0 aliphatic rings. The molecule has 100 valence electrons. The van der Waals surface area contributed by atoms with Crippen LogP contribution in [0.15, 0.2) is 42.5 Å². The van der Waals surface area contributed by atoms with Crippen LogP contribution < -0.4 is 15.8 Å². The topological polar surface area (TPSA) is 47.3 Å². The number of hydrogen-bond acceptors (Lipinski definition) is 3. The number of methoxy groups -OCH3 is 1. The average Bonchev–Trinajstić information content (AvgIpc) is 2.42. The van der Waals surface area contributed by atoms with Gasteiger partial charge in [-0.25, -0.2) is 0 Å². The van der Waals surface area contributed by atoms with E-state index in [1.54, 1.807) is 7.11 Å². The van der Waals surface area contributed by atoms with Crippen molar-refractivity contribution in [1.82, 2.24) is 0 Å². The van der Waals surface area contributed by atoms with Crippen LogP contribution in [0.1, 0.15) is 18.5 Å². The van der Waals surface area contributed by atoms with E-state index in [4.69, 9.17) is 10.5 Å². The lowest BCUT2D eigenvalue weighted by Crippen LogP contribution is -2.08. The highest BCUT2D eigenvalue weighted by Gasteiger charge is 2.07. The van der Waals surface area contributed by atoms with E-state index < -0.39 is 0 Å². The Morgan fingerprint density at radius 2 is 1.84 bits per heavy atom. The molecule has 0 amide bonds. The van der Waals surface area contributed by atoms with Crippen molar-refractivity contribution in [2.45, 2.75) is 13.0 Å². The summed E-state index contributed by atoms with van der Waals surface area (Å²) in [6.45, 7) is 2.11. The Kier molecular flexibility index (Phi) is 4.52. The molecule has 0 bridgehead atoms. The lowest BCUT2D eigenvalue weighted by atomic mass is 10.1. The first-order chi connectivity index (χ1) is 9.10. The third kappa shape index (κ3) is 3.53. The second-order valence-electron chi connectivity index (χ2n) is 4.37. The molecular formula is C15H17IN2O. The lowest BCUT2D eigenvalue weighted by Gasteiger charge is -2.17. The zero-order chi connectivity index (χ0) is 13.8. The van der Waals surface area contributed by atoms with Gasteiger partial charge in [0.05, 0.1) is 18.5 Å². The number of nitrogens with two attached hydrogens (primary N) is 1. The van der Waals surface area contributed by atoms with E-state index in [0.29, 0.717) is 0 Å². The molecule has 0 aliphatic heterocycles. The molecule has 0 aromatic heterocycles. The third-order valence-corrected chi connectivity index (χ3v) is 3.67. The van der Waals surface area contributed by atoms with Crippen molar-refractivity contribution in [2.75, 3.05) is 18.2 Å². The smallest absolute Gasteiger partial charge is 0.118 e. The van der Waals surface area contributed by atoms with Gasteiger partial charge in [0, 0.05) is 9.61 Å². The zero-order valence-electron chi connectivity index (χ0n) is 11.0. The fourth-order valence-corrected chi connectivity index (χ4v) is 2.39. The van der Waals surface area contributed by atoms with Crippen molar-refractivity contribution < 1.29 is 4.74 Å². The van der Waals surface area contributed by atoms with Gasteiger partial charge in [0.2, 0.25) is 0 Å². The number of hydrogen-bond donors (Lipinski definition) is 2. The summed E-state index contributed by atoms with van der Waals surface area (Å²) in [4.78, 5) is 0. The van der Waals surface area contributed by atoms with Crippen LogP contribution in [0, 0.1) is 3.57 Å². The summed E-state index contributed by atoms with van der Waals surface area (Å²) in [5, 5.41) is 3.42. The van der Waals surface area contributed by atoms with E-state index in [-0.39, 0.29) is 6.04 Å². The van der Waals surface area contributed by atoms with Crippen LogP contribution in [-0.2, 0) is 0 Å². The zero-order valence-corrected chi connectivity index (χ0v) is 13.1. The molecule has 0 saturated carbocycles. The van der Waals surface area contributed by atoms with E-state index >= 15 is 0 Å². The van der Waals surface area contributed by atoms with Crippen LogP contribution in [0.3, 0.4) is 0 Å². The molecule has 0 radical (unpaired) electrons. The van der Waals surface area contributed by atoms with Crippen LogP contribution in [0.25, 0.3) is 0 Å². The molecule has 1 unspecified atom stereocenters. The number of nitrogen functional groups attached to an aromatic ring is 1. The Labute approximate surface area is 127 Å². The standard InChI is InChI=1S/C15H17IN2O/c1-10(11-3-6-13(19-2)7-4-11)18-15-8-5-12(16)9-14(15)17/h3-10,18H,17H2,1-2H3. The van der Waals surface area contributed by atoms with Crippen LogP contribution in [0.5, 0.6) is 5.75 Å². The minimum Gasteiger partial charge on any atom is -0.497 e. The van der Waals surface area contributed by atoms with Gasteiger partial charge in [-0.05, 0) is 65.4 Å². The summed E-state index contributed by atoms with van der Waals surface area (Å²) in [6.07, 6.45) is 0. The van der Waals surface area contributed by atoms with Crippen LogP contribution in [0.2, 0.25) is 0 Å². The number of ether oxygens (including phenoxy) is 1. The Morgan fingerprint density at radius 3 is 2.42 bits per heavy atom. The fourth-order valence-electron chi connectivity index (χ4n) is 1.87. The Bertz CT molecular complexity index is 555. The second-order valence-corrected chi connectivity index (χ2v) is 5.62. The van der Waals surface area contributed by atoms with Crippen molar-refractivity contribution >= 4 is 34.0 Å². The molecule has 19 heavy (non-hydrogen) atoms. The van der Waals surface area contributed by atoms with E-state index in [2.05, 4.69) is 47.0 Å². The highest BCUT2D eigenvalue weighted by molar-refractivity contribution is 14.1. The maximum atomic E-state index is 6.01. The van der Waals surface area contributed by atoms with E-state index in [0.717, 1.165) is 20.7 Å². The maximum Gasteiger partial charge on any atom is 0.118 e. The van der Waals surface area contributed by atoms with Crippen molar-refractivity contribution in [1.29, 1.82) is 0 Å². The quantitative estimate of drug-likeness (QED) is 0.632. The summed E-state index contributed by atoms with van der Waals surface area (Å²) in [5.41, 5.74) is 8.93. The molecule has 4 heteroatoms. The van der Waals surface area contributed by atoms with E-state index in [1.165, 1.54) is 5.56 Å². The molecule has 3 nitrogen and oxygen atoms in total. The van der Waals surface area contributed by atoms with Gasteiger partial charge in [0.1, 0.15) is 5.75 Å². The lowest BCUT2D eigenvalue weighted by molar-refractivity contribution is 0.414. The molecule has 3 N–H and O–H groups in total. The number of anilines is 2. The molecule has 0 fully saturated rings. The largest absolute Gasteiger partial charge is 0.497 e. The predicted octanol–water partition coefficient (Wildman–Crippen LogP) is 4.06. The van der Waals surface area contributed by atoms with Gasteiger partial charge in [-0.3, -0.25) is 0 Å². The van der Waals surface area contributed by atoms with Crippen molar-refractivity contribution in [3.05, 3.63) is 51.6 Å². The summed E-state index contributed by atoms with van der Waals surface area (Å²) in [7, 11) is 1.67. The molecule has 2 rings (SSSR count). The summed E-state index contributed by atoms with van der Waals surface area (Å²) in [6, 6.07) is 14.2. The predicted molar refractivity (Wildman–Crippen MR) is 88.6 cm³/mol. The van der Waals surface area contributed by atoms with Crippen molar-refractivity contribution in [3.8, 4) is 5.75 Å². The van der Waals surface area contributed by atoms with Gasteiger partial charge in [0.15, 0.2) is 0 Å². The number of rotatable bonds is 4. The van der Waals surface area contributed by atoms with Crippen LogP contribution >= 0.6 is 22.6 Å². The summed E-state index contributed by atoms with van der Waals surface area (Å²) >= 11 is 2.25. The first-order valence-electron chi connectivity index (χ1n) is 6.05. The van der Waals surface area contributed by atoms with Gasteiger partial charge in [-0.1, -0.05) is 12.1 Å². The molecule has 1 atom stereocenters. The minimum atomic E-state index is 0.188. The summed E-state index contributed by atoms with van der Waals surface area (Å²) < 4.78 is 6.30. The molecule has 0 spiro atoms. The number of benzene rings is 2. The van der Waals surface area contributed by atoms with Crippen molar-refractivity contribution in [2.24, 2.45) is 0 Å². The van der Waals surface area contributed by atoms with Gasteiger partial charge < -0.3 is 15.8 Å². The molecule has 2 aromatic carbocycles. The highest BCUT2D eigenvalue weighted by atomic mass is 127. The Morgan fingerprint density at radius 1 is 1.16 bits per heavy atom. The third-order valence-electron chi connectivity index (χ3n) is 3.00. The molecule has 0 saturated heterocycles. The maximum absolute atomic E-state index is 6.01. The van der Waals surface area contributed by atoms with Gasteiger partial charge in [0.25, 0.3) is 0 Å². The molecule has 2 aromatic rings. The summed E-state index contributed by atoms with van der Waals surface area (Å²) in [5.74, 6) is 0.865. The molecule has 0 aliphatic carbocycles. The minimum absolute atomic E-state index is 0.188. The average molecular weight is 368 g/mol. The fraction of sp³-hybridized carbons (Fsp3) is 0.200. The van der Waals surface area contributed by atoms with Crippen LogP contribution in [-0.4, -0.2) is 7.11 Å². The van der Waals surface area contributed by atoms with Crippen molar-refractivity contribution in [3.63, 3.8) is 0 Å². The first kappa shape index (κ1) is 14.0. The van der Waals surface area contributed by atoms with Gasteiger partial charge in [-0.15, -0.1) is 0 Å². The van der Waals surface area contributed by atoms with Gasteiger partial charge in [-0.2, -0.15) is 0 Å². The SMILES string of the molecule is COc1ccc(C(C)Nc2ccc(I)cc2N)cc1. The molecular weight excluding hydrogens is 351 g/mol. The second kappa shape index (κ2) is 6.14. The van der Waals surface area contributed by atoms with Crippen LogP contribution in [0.4, 0.5) is 11.4 Å². The normalized spacial score (nSPS) is 11.9. The Hall–Kier alpha value is -1.43. The molecule has 0 heterocycles. The monoisotopic (exact) mass is 368 g/mol. The van der Waals surface area contributed by atoms with E-state index in [9.17, 15) is 0 Å². The first-order valence-corrected chi connectivity index (χ1v) is 7.13. The van der Waals surface area contributed by atoms with E-state index in [1.807, 2.05) is 30.3 Å². The van der Waals surface area contributed by atoms with Gasteiger partial charge >= 0.3 is 0 Å². The highest BCUT2D eigenvalue weighted by Crippen LogP contribution is 2.26. The number of halogens is 1.